The molecule has 0 unspecified atom stereocenters. The van der Waals surface area contributed by atoms with E-state index in [2.05, 4.69) is 57.8 Å². The number of rotatable bonds is 8. The van der Waals surface area contributed by atoms with Gasteiger partial charge in [0.05, 0.1) is 0 Å². The van der Waals surface area contributed by atoms with Crippen molar-refractivity contribution in [1.82, 2.24) is 19.8 Å². The highest BCUT2D eigenvalue weighted by Crippen LogP contribution is 2.16. The number of likely N-dealkylation sites (tertiary alicyclic amines) is 1. The third kappa shape index (κ3) is 6.18. The van der Waals surface area contributed by atoms with E-state index < -0.39 is 0 Å². The van der Waals surface area contributed by atoms with Crippen molar-refractivity contribution in [2.24, 2.45) is 0 Å². The highest BCUT2D eigenvalue weighted by molar-refractivity contribution is 5.52. The summed E-state index contributed by atoms with van der Waals surface area (Å²) in [5.74, 6) is 0.426. The molecule has 1 saturated heterocycles. The molecule has 1 aliphatic heterocycles. The number of nitrogens with one attached hydrogen (secondary N) is 2. The minimum absolute atomic E-state index is 0.108. The number of nitrogens with zero attached hydrogens (tertiary/aromatic N) is 3. The molecule has 0 aliphatic carbocycles. The summed E-state index contributed by atoms with van der Waals surface area (Å²) in [7, 11) is 1.92. The first-order valence-electron chi connectivity index (χ1n) is 11.6. The third-order valence-corrected chi connectivity index (χ3v) is 6.05. The fourth-order valence-corrected chi connectivity index (χ4v) is 4.35. The van der Waals surface area contributed by atoms with Gasteiger partial charge in [-0.25, -0.2) is 4.98 Å². The van der Waals surface area contributed by atoms with Gasteiger partial charge in [-0.15, -0.1) is 0 Å². The first-order valence-corrected chi connectivity index (χ1v) is 11.6. The number of hydrogen-bond acceptors (Lipinski definition) is 5. The molecule has 0 spiro atoms. The third-order valence-electron chi connectivity index (χ3n) is 6.05. The van der Waals surface area contributed by atoms with Crippen LogP contribution in [0, 0.1) is 0 Å². The minimum Gasteiger partial charge on any atom is -0.363 e. The molecule has 6 heteroatoms. The number of piperidine rings is 1. The zero-order valence-corrected chi connectivity index (χ0v) is 19.5. The molecule has 1 fully saturated rings. The fourth-order valence-electron chi connectivity index (χ4n) is 4.35. The minimum atomic E-state index is -0.108. The van der Waals surface area contributed by atoms with Crippen LogP contribution < -0.4 is 16.2 Å². The van der Waals surface area contributed by atoms with Crippen LogP contribution in [0.15, 0.2) is 77.4 Å². The molecule has 0 bridgehead atoms. The van der Waals surface area contributed by atoms with E-state index >= 15 is 0 Å². The summed E-state index contributed by atoms with van der Waals surface area (Å²) in [6.45, 7) is 5.98. The van der Waals surface area contributed by atoms with Gasteiger partial charge in [0, 0.05) is 50.3 Å². The van der Waals surface area contributed by atoms with Gasteiger partial charge in [-0.1, -0.05) is 54.1 Å². The highest BCUT2D eigenvalue weighted by atomic mass is 16.1. The Bertz CT molecular complexity index is 1110. The van der Waals surface area contributed by atoms with E-state index in [-0.39, 0.29) is 11.6 Å². The Labute approximate surface area is 196 Å². The lowest BCUT2D eigenvalue weighted by Gasteiger charge is -2.32. The molecule has 0 saturated carbocycles. The van der Waals surface area contributed by atoms with Gasteiger partial charge in [-0.05, 0) is 50.1 Å². The molecule has 2 aromatic carbocycles. The van der Waals surface area contributed by atoms with Gasteiger partial charge in [0.25, 0.3) is 5.56 Å². The number of anilines is 1. The van der Waals surface area contributed by atoms with Crippen molar-refractivity contribution in [1.29, 1.82) is 0 Å². The first kappa shape index (κ1) is 23.0. The van der Waals surface area contributed by atoms with E-state index in [0.717, 1.165) is 44.7 Å². The standard InChI is InChI=1S/C27H33N5O/c1-21(18-22-6-4-3-5-7-22)20-31-15-12-24(13-16-31)30-26-27(33)32(17-14-29-26)25-10-8-23(9-11-25)19-28-2/h3-11,14,17-18,24,28H,12-13,15-16,19-20H2,1-2H3,(H,29,30)/b21-18+. The zero-order valence-electron chi connectivity index (χ0n) is 19.5. The van der Waals surface area contributed by atoms with Gasteiger partial charge in [0.1, 0.15) is 0 Å². The van der Waals surface area contributed by atoms with Crippen LogP contribution in [-0.2, 0) is 6.54 Å². The molecule has 4 rings (SSSR count). The monoisotopic (exact) mass is 443 g/mol. The Kier molecular flexibility index (Phi) is 7.70. The summed E-state index contributed by atoms with van der Waals surface area (Å²) < 4.78 is 1.66. The van der Waals surface area contributed by atoms with Crippen LogP contribution in [0.5, 0.6) is 0 Å². The lowest BCUT2D eigenvalue weighted by Crippen LogP contribution is -2.41. The Balaban J connectivity index is 1.34. The second-order valence-corrected chi connectivity index (χ2v) is 8.74. The summed E-state index contributed by atoms with van der Waals surface area (Å²) in [4.78, 5) is 19.9. The van der Waals surface area contributed by atoms with Crippen molar-refractivity contribution >= 4 is 11.9 Å². The molecule has 1 aliphatic rings. The Morgan fingerprint density at radius 3 is 2.52 bits per heavy atom. The molecular weight excluding hydrogens is 410 g/mol. The molecule has 3 aromatic rings. The maximum Gasteiger partial charge on any atom is 0.297 e. The summed E-state index contributed by atoms with van der Waals surface area (Å²) in [5, 5.41) is 6.55. The van der Waals surface area contributed by atoms with Gasteiger partial charge in [-0.3, -0.25) is 14.3 Å². The van der Waals surface area contributed by atoms with Crippen LogP contribution in [0.25, 0.3) is 11.8 Å². The number of aromatic nitrogens is 2. The topological polar surface area (TPSA) is 62.2 Å². The van der Waals surface area contributed by atoms with Crippen molar-refractivity contribution in [3.05, 3.63) is 94.0 Å². The van der Waals surface area contributed by atoms with Gasteiger partial charge < -0.3 is 10.6 Å². The van der Waals surface area contributed by atoms with Gasteiger partial charge in [0.2, 0.25) is 0 Å². The highest BCUT2D eigenvalue weighted by Gasteiger charge is 2.20. The van der Waals surface area contributed by atoms with E-state index in [0.29, 0.717) is 5.82 Å². The predicted molar refractivity (Wildman–Crippen MR) is 136 cm³/mol. The average Bonchev–Trinajstić information content (AvgIpc) is 2.83. The quantitative estimate of drug-likeness (QED) is 0.552. The molecule has 172 valence electrons. The molecule has 33 heavy (non-hydrogen) atoms. The van der Waals surface area contributed by atoms with Crippen molar-refractivity contribution in [3.63, 3.8) is 0 Å². The molecule has 2 N–H and O–H groups in total. The molecule has 1 aromatic heterocycles. The Hall–Kier alpha value is -3.22. The van der Waals surface area contributed by atoms with E-state index in [4.69, 9.17) is 0 Å². The molecular formula is C27H33N5O. The van der Waals surface area contributed by atoms with E-state index in [9.17, 15) is 4.79 Å². The van der Waals surface area contributed by atoms with Crippen LogP contribution >= 0.6 is 0 Å². The fraction of sp³-hybridized carbons (Fsp3) is 0.333. The Morgan fingerprint density at radius 2 is 1.82 bits per heavy atom. The Morgan fingerprint density at radius 1 is 1.09 bits per heavy atom. The number of hydrogen-bond donors (Lipinski definition) is 2. The number of benzene rings is 2. The van der Waals surface area contributed by atoms with Crippen LogP contribution in [0.1, 0.15) is 30.9 Å². The van der Waals surface area contributed by atoms with Crippen LogP contribution in [0.2, 0.25) is 0 Å². The molecule has 0 radical (unpaired) electrons. The molecule has 0 atom stereocenters. The SMILES string of the molecule is CNCc1ccc(-n2ccnc(NC3CCN(C/C(C)=C/c4ccccc4)CC3)c2=O)cc1. The van der Waals surface area contributed by atoms with Gasteiger partial charge >= 0.3 is 0 Å². The van der Waals surface area contributed by atoms with Gasteiger partial charge in [-0.2, -0.15) is 0 Å². The van der Waals surface area contributed by atoms with Crippen molar-refractivity contribution in [2.45, 2.75) is 32.4 Å². The summed E-state index contributed by atoms with van der Waals surface area (Å²) in [5.41, 5.74) is 4.53. The normalized spacial score (nSPS) is 15.5. The van der Waals surface area contributed by atoms with Crippen LogP contribution in [-0.4, -0.2) is 47.2 Å². The molecule has 0 amide bonds. The summed E-state index contributed by atoms with van der Waals surface area (Å²) >= 11 is 0. The van der Waals surface area contributed by atoms with E-state index in [1.807, 2.05) is 37.4 Å². The van der Waals surface area contributed by atoms with Crippen molar-refractivity contribution in [3.8, 4) is 5.69 Å². The van der Waals surface area contributed by atoms with E-state index in [1.165, 1.54) is 16.7 Å². The lowest BCUT2D eigenvalue weighted by atomic mass is 10.0. The first-order chi connectivity index (χ1) is 16.1. The van der Waals surface area contributed by atoms with Crippen molar-refractivity contribution in [2.75, 3.05) is 32.0 Å². The summed E-state index contributed by atoms with van der Waals surface area (Å²) in [6.07, 6.45) is 7.66. The second kappa shape index (κ2) is 11.1. The smallest absolute Gasteiger partial charge is 0.297 e. The maximum absolute atomic E-state index is 13.0. The second-order valence-electron chi connectivity index (χ2n) is 8.74. The zero-order chi connectivity index (χ0) is 23.0. The summed E-state index contributed by atoms with van der Waals surface area (Å²) in [6, 6.07) is 18.7. The van der Waals surface area contributed by atoms with E-state index in [1.54, 1.807) is 17.0 Å². The lowest BCUT2D eigenvalue weighted by molar-refractivity contribution is 0.236. The van der Waals surface area contributed by atoms with Crippen molar-refractivity contribution < 1.29 is 0 Å². The van der Waals surface area contributed by atoms with Gasteiger partial charge in [0.15, 0.2) is 5.82 Å². The largest absolute Gasteiger partial charge is 0.363 e. The predicted octanol–water partition coefficient (Wildman–Crippen LogP) is 3.93. The maximum atomic E-state index is 13.0. The van der Waals surface area contributed by atoms with Crippen LogP contribution in [0.3, 0.4) is 0 Å². The molecule has 2 heterocycles. The molecule has 6 nitrogen and oxygen atoms in total. The van der Waals surface area contributed by atoms with Crippen LogP contribution in [0.4, 0.5) is 5.82 Å². The average molecular weight is 444 g/mol.